The molecule has 43 valence electrons. The molecule has 0 amide bonds. The minimum atomic E-state index is 0. The van der Waals surface area contributed by atoms with Crippen molar-refractivity contribution in [3.8, 4) is 0 Å². The molecule has 2 N–H and O–H groups in total. The van der Waals surface area contributed by atoms with Gasteiger partial charge in [-0.2, -0.15) is 9.90 Å². The van der Waals surface area contributed by atoms with Gasteiger partial charge in [-0.15, -0.1) is 0 Å². The first-order chi connectivity index (χ1) is 0. The van der Waals surface area contributed by atoms with Crippen molar-refractivity contribution >= 4 is 9.90 Å². The molecule has 0 saturated carbocycles. The molecule has 0 aromatic rings. The van der Waals surface area contributed by atoms with E-state index in [2.05, 4.69) is 0 Å². The molecule has 5 heavy (non-hydrogen) atoms. The second kappa shape index (κ2) is 53.8. The first-order valence-electron chi connectivity index (χ1n) is 0. The van der Waals surface area contributed by atoms with E-state index >= 15 is 0 Å². The van der Waals surface area contributed by atoms with E-state index < -0.39 is 0 Å². The Labute approximate surface area is 56.3 Å². The van der Waals surface area contributed by atoms with E-state index in [0.717, 1.165) is 0 Å². The number of hydrogen-bond acceptors (Lipinski definition) is 0. The maximum absolute atomic E-state index is 0. The van der Waals surface area contributed by atoms with Crippen LogP contribution in [0.15, 0.2) is 0 Å². The summed E-state index contributed by atoms with van der Waals surface area (Å²) in [5.74, 6) is 0. The van der Waals surface area contributed by atoms with E-state index in [1.54, 1.807) is 0 Å². The third kappa shape index (κ3) is 32.1. The fourth-order valence-electron chi connectivity index (χ4n) is 0. The van der Waals surface area contributed by atoms with Crippen LogP contribution in [0.2, 0.25) is 0 Å². The SMILES string of the molecule is O.P.[CH3-].[Co].[Ni]. The Bertz CT molecular complexity index is 11.6. The zero-order valence-electron chi connectivity index (χ0n) is 2.86. The Balaban J connectivity index is 0. The Hall–Kier alpha value is 1.39. The van der Waals surface area contributed by atoms with Gasteiger partial charge >= 0.3 is 0 Å². The second-order valence-corrected chi connectivity index (χ2v) is 0. The Morgan fingerprint density at radius 3 is 1.00 bits per heavy atom. The second-order valence-electron chi connectivity index (χ2n) is 0. The van der Waals surface area contributed by atoms with Crippen LogP contribution in [0.25, 0.3) is 0 Å². The van der Waals surface area contributed by atoms with Crippen LogP contribution in [0.1, 0.15) is 0 Å². The van der Waals surface area contributed by atoms with Gasteiger partial charge < -0.3 is 12.9 Å². The zero-order valence-corrected chi connectivity index (χ0v) is 6.30. The van der Waals surface area contributed by atoms with E-state index in [1.165, 1.54) is 0 Å². The molecule has 0 rings (SSSR count). The molecule has 0 fully saturated rings. The fourth-order valence-corrected chi connectivity index (χ4v) is 0. The van der Waals surface area contributed by atoms with Crippen molar-refractivity contribution in [3.05, 3.63) is 7.43 Å². The van der Waals surface area contributed by atoms with Gasteiger partial charge in [0.1, 0.15) is 0 Å². The van der Waals surface area contributed by atoms with Gasteiger partial charge in [-0.3, -0.25) is 0 Å². The summed E-state index contributed by atoms with van der Waals surface area (Å²) in [4.78, 5) is 0. The molecule has 0 saturated heterocycles. The van der Waals surface area contributed by atoms with Gasteiger partial charge in [0.25, 0.3) is 0 Å². The van der Waals surface area contributed by atoms with Crippen molar-refractivity contribution in [2.45, 2.75) is 0 Å². The summed E-state index contributed by atoms with van der Waals surface area (Å²) < 4.78 is 0. The van der Waals surface area contributed by atoms with Crippen LogP contribution in [0, 0.1) is 7.43 Å². The standard InChI is InChI=1S/CH3.Co.Ni.H2O.H3P/h1H3;;;1H2;1H3/q-1;;;;. The minimum absolute atomic E-state index is 0. The normalized spacial score (nSPS) is 0. The summed E-state index contributed by atoms with van der Waals surface area (Å²) in [5.41, 5.74) is 0. The third-order valence-corrected chi connectivity index (χ3v) is 0. The summed E-state index contributed by atoms with van der Waals surface area (Å²) in [6.07, 6.45) is 0. The predicted octanol–water partition coefficient (Wildman–Crippen LogP) is -0.321. The van der Waals surface area contributed by atoms with E-state index in [-0.39, 0.29) is 56.1 Å². The average molecular weight is 185 g/mol. The molecule has 0 aliphatic carbocycles. The molecule has 0 aromatic carbocycles. The van der Waals surface area contributed by atoms with Crippen LogP contribution in [0.5, 0.6) is 0 Å². The van der Waals surface area contributed by atoms with Gasteiger partial charge in [-0.05, 0) is 0 Å². The Kier molecular flexibility index (Phi) is 1030. The van der Waals surface area contributed by atoms with Crippen molar-refractivity contribution in [3.63, 3.8) is 0 Å². The Morgan fingerprint density at radius 2 is 1.00 bits per heavy atom. The maximum atomic E-state index is 0. The zero-order chi connectivity index (χ0) is 0. The predicted molar refractivity (Wildman–Crippen MR) is 21.1 cm³/mol. The quantitative estimate of drug-likeness (QED) is 0.281. The van der Waals surface area contributed by atoms with Gasteiger partial charge in [0.05, 0.1) is 0 Å². The molecular formula is CH8CoNiOP-. The molecule has 1 nitrogen and oxygen atoms in total. The summed E-state index contributed by atoms with van der Waals surface area (Å²) in [7, 11) is 0. The molecule has 1 atom stereocenters. The summed E-state index contributed by atoms with van der Waals surface area (Å²) >= 11 is 0. The average Bonchev–Trinajstić information content (AvgIpc) is 0. The van der Waals surface area contributed by atoms with Gasteiger partial charge in [-0.25, -0.2) is 0 Å². The molecule has 0 spiro atoms. The van der Waals surface area contributed by atoms with Gasteiger partial charge in [-0.1, -0.05) is 0 Å². The molecule has 1 radical (unpaired) electrons. The van der Waals surface area contributed by atoms with Crippen LogP contribution in [-0.2, 0) is 33.3 Å². The maximum Gasteiger partial charge on any atom is 0 e. The summed E-state index contributed by atoms with van der Waals surface area (Å²) in [6, 6.07) is 0. The van der Waals surface area contributed by atoms with Crippen LogP contribution >= 0.6 is 9.90 Å². The molecule has 0 heterocycles. The largest absolute Gasteiger partial charge is 0.412 e. The number of rotatable bonds is 0. The van der Waals surface area contributed by atoms with E-state index in [1.807, 2.05) is 0 Å². The Morgan fingerprint density at radius 1 is 1.00 bits per heavy atom. The third-order valence-electron chi connectivity index (χ3n) is 0. The van der Waals surface area contributed by atoms with Crippen molar-refractivity contribution in [1.82, 2.24) is 0 Å². The first kappa shape index (κ1) is 96.1. The topological polar surface area (TPSA) is 31.5 Å². The fraction of sp³-hybridized carbons (Fsp3) is 0. The molecular weight excluding hydrogens is 177 g/mol. The van der Waals surface area contributed by atoms with Gasteiger partial charge in [0.2, 0.25) is 0 Å². The van der Waals surface area contributed by atoms with Crippen LogP contribution in [0.3, 0.4) is 0 Å². The summed E-state index contributed by atoms with van der Waals surface area (Å²) in [5, 5.41) is 0. The first-order valence-corrected chi connectivity index (χ1v) is 0. The van der Waals surface area contributed by atoms with Crippen molar-refractivity contribution in [2.24, 2.45) is 0 Å². The molecule has 0 bridgehead atoms. The van der Waals surface area contributed by atoms with E-state index in [0.29, 0.717) is 0 Å². The monoisotopic (exact) mass is 184 g/mol. The van der Waals surface area contributed by atoms with Crippen molar-refractivity contribution in [2.75, 3.05) is 0 Å². The molecule has 0 aliphatic rings. The van der Waals surface area contributed by atoms with Crippen molar-refractivity contribution < 1.29 is 38.7 Å². The minimum Gasteiger partial charge on any atom is -0.412 e. The molecule has 0 aliphatic heterocycles. The van der Waals surface area contributed by atoms with Crippen LogP contribution < -0.4 is 0 Å². The van der Waals surface area contributed by atoms with Gasteiger partial charge in [0, 0.05) is 33.3 Å². The molecule has 4 heteroatoms. The molecule has 0 aromatic heterocycles. The van der Waals surface area contributed by atoms with E-state index in [4.69, 9.17) is 0 Å². The molecule has 1 unspecified atom stereocenters. The summed E-state index contributed by atoms with van der Waals surface area (Å²) in [6.45, 7) is 0. The van der Waals surface area contributed by atoms with Crippen LogP contribution in [0.4, 0.5) is 0 Å². The van der Waals surface area contributed by atoms with Crippen LogP contribution in [-0.4, -0.2) is 5.48 Å². The smallest absolute Gasteiger partial charge is 0 e. The number of hydrogen-bond donors (Lipinski definition) is 0. The van der Waals surface area contributed by atoms with E-state index in [9.17, 15) is 0 Å². The van der Waals surface area contributed by atoms with Gasteiger partial charge in [0.15, 0.2) is 0 Å². The van der Waals surface area contributed by atoms with Crippen molar-refractivity contribution in [1.29, 1.82) is 0 Å².